The van der Waals surface area contributed by atoms with Crippen molar-refractivity contribution < 1.29 is 13.2 Å². The van der Waals surface area contributed by atoms with E-state index in [9.17, 15) is 13.2 Å². The van der Waals surface area contributed by atoms with Crippen molar-refractivity contribution in [1.29, 1.82) is 0 Å². The van der Waals surface area contributed by atoms with Gasteiger partial charge in [-0.05, 0) is 36.2 Å². The fourth-order valence-electron chi connectivity index (χ4n) is 2.08. The van der Waals surface area contributed by atoms with E-state index < -0.39 is 17.5 Å². The Morgan fingerprint density at radius 1 is 1.05 bits per heavy atom. The fraction of sp³-hybridized carbons (Fsp3) is 0.250. The molecule has 0 fully saturated rings. The van der Waals surface area contributed by atoms with E-state index in [1.54, 1.807) is 12.1 Å². The van der Waals surface area contributed by atoms with E-state index in [4.69, 9.17) is 11.6 Å². The molecule has 0 atom stereocenters. The normalized spacial score (nSPS) is 10.9. The molecule has 0 saturated carbocycles. The number of benzene rings is 2. The van der Waals surface area contributed by atoms with Crippen LogP contribution < -0.4 is 5.32 Å². The Labute approximate surface area is 126 Å². The molecular weight excluding hydrogens is 299 g/mol. The van der Waals surface area contributed by atoms with Crippen LogP contribution in [0.1, 0.15) is 18.9 Å². The zero-order valence-electron chi connectivity index (χ0n) is 11.5. The average molecular weight is 314 g/mol. The maximum Gasteiger partial charge on any atom is 0.136 e. The molecule has 2 aromatic rings. The molecule has 0 unspecified atom stereocenters. The number of nitrogens with one attached hydrogen (secondary N) is 1. The second-order valence-electron chi connectivity index (χ2n) is 4.73. The van der Waals surface area contributed by atoms with Gasteiger partial charge in [-0.25, -0.2) is 13.2 Å². The Bertz CT molecular complexity index is 620. The lowest BCUT2D eigenvalue weighted by Gasteiger charge is -2.10. The van der Waals surface area contributed by atoms with Crippen LogP contribution in [0.15, 0.2) is 30.3 Å². The van der Waals surface area contributed by atoms with Gasteiger partial charge >= 0.3 is 0 Å². The maximum absolute atomic E-state index is 13.8. The monoisotopic (exact) mass is 313 g/mol. The smallest absolute Gasteiger partial charge is 0.136 e. The Kier molecular flexibility index (Phi) is 5.26. The molecule has 0 radical (unpaired) electrons. The summed E-state index contributed by atoms with van der Waals surface area (Å²) in [5.41, 5.74) is 0.832. The third kappa shape index (κ3) is 3.77. The van der Waals surface area contributed by atoms with Crippen LogP contribution in [-0.2, 0) is 6.54 Å². The molecule has 0 heterocycles. The van der Waals surface area contributed by atoms with E-state index in [2.05, 4.69) is 5.32 Å². The molecule has 5 heteroatoms. The van der Waals surface area contributed by atoms with Crippen LogP contribution in [0.3, 0.4) is 0 Å². The summed E-state index contributed by atoms with van der Waals surface area (Å²) in [5.74, 6) is -2.79. The zero-order valence-corrected chi connectivity index (χ0v) is 12.3. The van der Waals surface area contributed by atoms with E-state index in [1.807, 2.05) is 6.92 Å². The summed E-state index contributed by atoms with van der Waals surface area (Å²) in [6.07, 6.45) is 0.971. The summed E-state index contributed by atoms with van der Waals surface area (Å²) in [6, 6.07) is 6.06. The van der Waals surface area contributed by atoms with Crippen LogP contribution in [0, 0.1) is 17.5 Å². The molecule has 0 saturated heterocycles. The summed E-state index contributed by atoms with van der Waals surface area (Å²) in [7, 11) is 0. The number of hydrogen-bond acceptors (Lipinski definition) is 1. The largest absolute Gasteiger partial charge is 0.313 e. The van der Waals surface area contributed by atoms with Gasteiger partial charge in [0.15, 0.2) is 0 Å². The van der Waals surface area contributed by atoms with Gasteiger partial charge in [-0.15, -0.1) is 0 Å². The van der Waals surface area contributed by atoms with Gasteiger partial charge < -0.3 is 5.32 Å². The van der Waals surface area contributed by atoms with Crippen molar-refractivity contribution in [1.82, 2.24) is 5.32 Å². The maximum atomic E-state index is 13.8. The first-order valence-electron chi connectivity index (χ1n) is 6.67. The van der Waals surface area contributed by atoms with Gasteiger partial charge in [-0.1, -0.05) is 24.6 Å². The third-order valence-corrected chi connectivity index (χ3v) is 3.45. The van der Waals surface area contributed by atoms with Gasteiger partial charge in [0, 0.05) is 23.7 Å². The lowest BCUT2D eigenvalue weighted by Crippen LogP contribution is -2.14. The number of rotatable bonds is 5. The SMILES string of the molecule is CCCNCc1cc(-c2c(F)cc(F)cc2F)ccc1Cl. The predicted molar refractivity (Wildman–Crippen MR) is 78.8 cm³/mol. The molecule has 0 aliphatic heterocycles. The van der Waals surface area contributed by atoms with Crippen molar-refractivity contribution in [2.75, 3.05) is 6.54 Å². The van der Waals surface area contributed by atoms with Gasteiger partial charge in [-0.3, -0.25) is 0 Å². The van der Waals surface area contributed by atoms with Crippen molar-refractivity contribution >= 4 is 11.6 Å². The second kappa shape index (κ2) is 6.96. The molecule has 0 aliphatic carbocycles. The summed E-state index contributed by atoms with van der Waals surface area (Å²) in [4.78, 5) is 0. The first kappa shape index (κ1) is 15.9. The first-order valence-corrected chi connectivity index (χ1v) is 7.04. The Morgan fingerprint density at radius 3 is 2.33 bits per heavy atom. The highest BCUT2D eigenvalue weighted by Crippen LogP contribution is 2.30. The lowest BCUT2D eigenvalue weighted by molar-refractivity contribution is 0.548. The minimum absolute atomic E-state index is 0.246. The van der Waals surface area contributed by atoms with Crippen molar-refractivity contribution in [2.45, 2.75) is 19.9 Å². The van der Waals surface area contributed by atoms with E-state index in [0.717, 1.165) is 18.5 Å². The van der Waals surface area contributed by atoms with Crippen molar-refractivity contribution in [3.8, 4) is 11.1 Å². The molecule has 0 bridgehead atoms. The summed E-state index contributed by atoms with van der Waals surface area (Å²) >= 11 is 6.08. The van der Waals surface area contributed by atoms with Crippen LogP contribution in [-0.4, -0.2) is 6.54 Å². The Balaban J connectivity index is 2.39. The topological polar surface area (TPSA) is 12.0 Å². The average Bonchev–Trinajstić information content (AvgIpc) is 2.41. The highest BCUT2D eigenvalue weighted by Gasteiger charge is 2.14. The highest BCUT2D eigenvalue weighted by molar-refractivity contribution is 6.31. The molecule has 0 amide bonds. The third-order valence-electron chi connectivity index (χ3n) is 3.08. The molecule has 1 nitrogen and oxygen atoms in total. The van der Waals surface area contributed by atoms with E-state index >= 15 is 0 Å². The molecule has 2 rings (SSSR count). The molecule has 0 aromatic heterocycles. The molecule has 2 aromatic carbocycles. The van der Waals surface area contributed by atoms with Crippen LogP contribution >= 0.6 is 11.6 Å². The summed E-state index contributed by atoms with van der Waals surface area (Å²) < 4.78 is 40.6. The minimum atomic E-state index is -0.937. The molecule has 112 valence electrons. The number of halogens is 4. The zero-order chi connectivity index (χ0) is 15.4. The number of hydrogen-bond donors (Lipinski definition) is 1. The van der Waals surface area contributed by atoms with Crippen LogP contribution in [0.25, 0.3) is 11.1 Å². The highest BCUT2D eigenvalue weighted by atomic mass is 35.5. The molecule has 0 spiro atoms. The molecule has 0 aliphatic rings. The predicted octanol–water partition coefficient (Wildman–Crippen LogP) is 4.92. The van der Waals surface area contributed by atoms with Crippen molar-refractivity contribution in [3.05, 3.63) is 58.4 Å². The van der Waals surface area contributed by atoms with Gasteiger partial charge in [0.25, 0.3) is 0 Å². The van der Waals surface area contributed by atoms with E-state index in [0.29, 0.717) is 29.3 Å². The van der Waals surface area contributed by atoms with E-state index in [-0.39, 0.29) is 5.56 Å². The van der Waals surface area contributed by atoms with Crippen LogP contribution in [0.5, 0.6) is 0 Å². The first-order chi connectivity index (χ1) is 10.0. The minimum Gasteiger partial charge on any atom is -0.313 e. The Morgan fingerprint density at radius 2 is 1.71 bits per heavy atom. The van der Waals surface area contributed by atoms with Gasteiger partial charge in [0.05, 0.1) is 5.56 Å². The quantitative estimate of drug-likeness (QED) is 0.772. The molecule has 1 N–H and O–H groups in total. The van der Waals surface area contributed by atoms with Crippen LogP contribution in [0.2, 0.25) is 5.02 Å². The van der Waals surface area contributed by atoms with Gasteiger partial charge in [-0.2, -0.15) is 0 Å². The van der Waals surface area contributed by atoms with Crippen LogP contribution in [0.4, 0.5) is 13.2 Å². The molecular formula is C16H15ClF3N. The second-order valence-corrected chi connectivity index (χ2v) is 5.13. The lowest BCUT2D eigenvalue weighted by atomic mass is 10.0. The van der Waals surface area contributed by atoms with Gasteiger partial charge in [0.2, 0.25) is 0 Å². The molecule has 21 heavy (non-hydrogen) atoms. The summed E-state index contributed by atoms with van der Waals surface area (Å²) in [5, 5.41) is 3.70. The van der Waals surface area contributed by atoms with Crippen molar-refractivity contribution in [3.63, 3.8) is 0 Å². The fourth-order valence-corrected chi connectivity index (χ4v) is 2.27. The van der Waals surface area contributed by atoms with Gasteiger partial charge in [0.1, 0.15) is 17.5 Å². The standard InChI is InChI=1S/C16H15ClF3N/c1-2-5-21-9-11-6-10(3-4-13(11)17)16-14(19)7-12(18)8-15(16)20/h3-4,6-8,21H,2,5,9H2,1H3. The van der Waals surface area contributed by atoms with E-state index in [1.165, 1.54) is 6.07 Å². The Hall–Kier alpha value is -1.52. The summed E-state index contributed by atoms with van der Waals surface area (Å²) in [6.45, 7) is 3.36. The van der Waals surface area contributed by atoms with Crippen molar-refractivity contribution in [2.24, 2.45) is 0 Å².